The van der Waals surface area contributed by atoms with Crippen molar-refractivity contribution >= 4 is 7.14 Å². The molecule has 1 nitrogen and oxygen atoms in total. The zero-order valence-corrected chi connectivity index (χ0v) is 12.8. The maximum Gasteiger partial charge on any atom is 0.0913 e. The van der Waals surface area contributed by atoms with Crippen LogP contribution in [0.25, 0.3) is 0 Å². The zero-order chi connectivity index (χ0) is 13.0. The van der Waals surface area contributed by atoms with E-state index in [1.54, 1.807) is 0 Å². The van der Waals surface area contributed by atoms with Crippen LogP contribution < -0.4 is 0 Å². The smallest absolute Gasteiger partial charge is 0.0913 e. The molecule has 0 radical (unpaired) electrons. The topological polar surface area (TPSA) is 17.1 Å². The van der Waals surface area contributed by atoms with Gasteiger partial charge in [-0.05, 0) is 12.8 Å². The van der Waals surface area contributed by atoms with E-state index in [1.165, 1.54) is 38.5 Å². The number of allylic oxidation sites excluding steroid dienone is 1. The van der Waals surface area contributed by atoms with E-state index in [1.807, 2.05) is 6.08 Å². The molecule has 102 valence electrons. The van der Waals surface area contributed by atoms with Crippen LogP contribution in [0.3, 0.4) is 0 Å². The SMILES string of the molecule is C=CCP(=O)(CCCCCC)CCCCCC. The Bertz CT molecular complexity index is 207. The number of hydrogen-bond donors (Lipinski definition) is 0. The molecule has 0 rings (SSSR count). The number of unbranched alkanes of at least 4 members (excludes halogenated alkanes) is 6. The van der Waals surface area contributed by atoms with Crippen LogP contribution in [0.2, 0.25) is 0 Å². The number of hydrogen-bond acceptors (Lipinski definition) is 1. The molecule has 0 aromatic carbocycles. The van der Waals surface area contributed by atoms with Crippen LogP contribution in [0.5, 0.6) is 0 Å². The summed E-state index contributed by atoms with van der Waals surface area (Å²) in [5.74, 6) is 0. The van der Waals surface area contributed by atoms with E-state index in [4.69, 9.17) is 0 Å². The van der Waals surface area contributed by atoms with Gasteiger partial charge in [0.15, 0.2) is 0 Å². The van der Waals surface area contributed by atoms with Gasteiger partial charge < -0.3 is 4.57 Å². The van der Waals surface area contributed by atoms with Crippen molar-refractivity contribution in [1.29, 1.82) is 0 Å². The van der Waals surface area contributed by atoms with Gasteiger partial charge in [-0.15, -0.1) is 6.58 Å². The third-order valence-corrected chi connectivity index (χ3v) is 6.49. The summed E-state index contributed by atoms with van der Waals surface area (Å²) in [7, 11) is -1.92. The third kappa shape index (κ3) is 9.65. The quantitative estimate of drug-likeness (QED) is 0.249. The highest BCUT2D eigenvalue weighted by Crippen LogP contribution is 2.47. The summed E-state index contributed by atoms with van der Waals surface area (Å²) in [6, 6.07) is 0. The molecule has 0 atom stereocenters. The Balaban J connectivity index is 3.89. The highest BCUT2D eigenvalue weighted by molar-refractivity contribution is 7.64. The van der Waals surface area contributed by atoms with Gasteiger partial charge >= 0.3 is 0 Å². The van der Waals surface area contributed by atoms with Crippen LogP contribution >= 0.6 is 7.14 Å². The maximum atomic E-state index is 12.7. The Hall–Kier alpha value is -0.0300. The lowest BCUT2D eigenvalue weighted by molar-refractivity contribution is 0.567. The Labute approximate surface area is 108 Å². The van der Waals surface area contributed by atoms with Gasteiger partial charge in [0.2, 0.25) is 0 Å². The van der Waals surface area contributed by atoms with E-state index in [0.29, 0.717) is 0 Å². The van der Waals surface area contributed by atoms with Crippen molar-refractivity contribution in [2.45, 2.75) is 65.2 Å². The monoisotopic (exact) mass is 258 g/mol. The van der Waals surface area contributed by atoms with Gasteiger partial charge in [-0.2, -0.15) is 0 Å². The first kappa shape index (κ1) is 17.0. The Morgan fingerprint density at radius 1 is 0.882 bits per heavy atom. The van der Waals surface area contributed by atoms with Crippen molar-refractivity contribution in [3.8, 4) is 0 Å². The highest BCUT2D eigenvalue weighted by atomic mass is 31.2. The molecule has 0 aromatic heterocycles. The van der Waals surface area contributed by atoms with Gasteiger partial charge in [0, 0.05) is 18.5 Å². The zero-order valence-electron chi connectivity index (χ0n) is 11.9. The predicted octanol–water partition coefficient (Wildman–Crippen LogP) is 5.70. The molecular weight excluding hydrogens is 227 g/mol. The second kappa shape index (κ2) is 11.1. The normalized spacial score (nSPS) is 11.6. The summed E-state index contributed by atoms with van der Waals surface area (Å²) in [6.07, 6.45) is 14.4. The van der Waals surface area contributed by atoms with Crippen molar-refractivity contribution in [3.63, 3.8) is 0 Å². The fraction of sp³-hybridized carbons (Fsp3) is 0.867. The van der Waals surface area contributed by atoms with Crippen molar-refractivity contribution in [1.82, 2.24) is 0 Å². The van der Waals surface area contributed by atoms with Crippen molar-refractivity contribution < 1.29 is 4.57 Å². The summed E-state index contributed by atoms with van der Waals surface area (Å²) in [4.78, 5) is 0. The standard InChI is InChI=1S/C15H31OP/c1-4-7-9-11-14-17(16,13-6-3)15-12-10-8-5-2/h6H,3-5,7-15H2,1-2H3. The van der Waals surface area contributed by atoms with Crippen LogP contribution in [-0.4, -0.2) is 18.5 Å². The van der Waals surface area contributed by atoms with E-state index in [0.717, 1.165) is 31.3 Å². The van der Waals surface area contributed by atoms with Crippen molar-refractivity contribution in [2.24, 2.45) is 0 Å². The lowest BCUT2D eigenvalue weighted by Gasteiger charge is -2.16. The average Bonchev–Trinajstić information content (AvgIpc) is 2.31. The molecule has 0 aliphatic heterocycles. The van der Waals surface area contributed by atoms with Gasteiger partial charge in [0.05, 0.1) is 7.14 Å². The van der Waals surface area contributed by atoms with Gasteiger partial charge in [-0.1, -0.05) is 58.4 Å². The Morgan fingerprint density at radius 3 is 1.71 bits per heavy atom. The first-order chi connectivity index (χ1) is 8.18. The third-order valence-electron chi connectivity index (χ3n) is 3.30. The molecule has 0 amide bonds. The second-order valence-corrected chi connectivity index (χ2v) is 8.47. The van der Waals surface area contributed by atoms with Crippen LogP contribution in [0, 0.1) is 0 Å². The van der Waals surface area contributed by atoms with Crippen LogP contribution in [0.1, 0.15) is 65.2 Å². The summed E-state index contributed by atoms with van der Waals surface area (Å²) < 4.78 is 12.7. The molecule has 17 heavy (non-hydrogen) atoms. The van der Waals surface area contributed by atoms with Crippen LogP contribution in [0.15, 0.2) is 12.7 Å². The molecule has 0 aliphatic carbocycles. The largest absolute Gasteiger partial charge is 0.323 e. The molecule has 0 N–H and O–H groups in total. The van der Waals surface area contributed by atoms with Crippen molar-refractivity contribution in [2.75, 3.05) is 18.5 Å². The lowest BCUT2D eigenvalue weighted by atomic mass is 10.2. The number of rotatable bonds is 12. The predicted molar refractivity (Wildman–Crippen MR) is 80.7 cm³/mol. The van der Waals surface area contributed by atoms with Gasteiger partial charge in [-0.25, -0.2) is 0 Å². The fourth-order valence-electron chi connectivity index (χ4n) is 2.18. The van der Waals surface area contributed by atoms with E-state index in [-0.39, 0.29) is 0 Å². The summed E-state index contributed by atoms with van der Waals surface area (Å²) in [5.41, 5.74) is 0. The van der Waals surface area contributed by atoms with Crippen LogP contribution in [0.4, 0.5) is 0 Å². The Kier molecular flexibility index (Phi) is 11.1. The molecule has 0 heterocycles. The Morgan fingerprint density at radius 2 is 1.35 bits per heavy atom. The maximum absolute atomic E-state index is 12.7. The van der Waals surface area contributed by atoms with Crippen LogP contribution in [-0.2, 0) is 4.57 Å². The minimum atomic E-state index is -1.92. The minimum Gasteiger partial charge on any atom is -0.323 e. The molecule has 0 aromatic rings. The second-order valence-electron chi connectivity index (χ2n) is 5.10. The van der Waals surface area contributed by atoms with Gasteiger partial charge in [0.1, 0.15) is 0 Å². The summed E-state index contributed by atoms with van der Waals surface area (Å²) in [6.45, 7) is 8.19. The average molecular weight is 258 g/mol. The fourth-order valence-corrected chi connectivity index (χ4v) is 4.84. The molecule has 0 fully saturated rings. The van der Waals surface area contributed by atoms with E-state index < -0.39 is 7.14 Å². The van der Waals surface area contributed by atoms with E-state index in [2.05, 4.69) is 20.4 Å². The minimum absolute atomic E-state index is 0.755. The highest BCUT2D eigenvalue weighted by Gasteiger charge is 2.18. The van der Waals surface area contributed by atoms with E-state index in [9.17, 15) is 4.57 Å². The first-order valence-corrected chi connectivity index (χ1v) is 9.62. The van der Waals surface area contributed by atoms with Gasteiger partial charge in [-0.3, -0.25) is 0 Å². The first-order valence-electron chi connectivity index (χ1n) is 7.36. The molecule has 2 heteroatoms. The molecule has 0 saturated heterocycles. The summed E-state index contributed by atoms with van der Waals surface area (Å²) in [5, 5.41) is 0. The van der Waals surface area contributed by atoms with E-state index >= 15 is 0 Å². The molecule has 0 spiro atoms. The molecule has 0 unspecified atom stereocenters. The van der Waals surface area contributed by atoms with Crippen molar-refractivity contribution in [3.05, 3.63) is 12.7 Å². The molecule has 0 saturated carbocycles. The summed E-state index contributed by atoms with van der Waals surface area (Å²) >= 11 is 0. The molecular formula is C15H31OP. The molecule has 0 bridgehead atoms. The lowest BCUT2D eigenvalue weighted by Crippen LogP contribution is -1.99. The van der Waals surface area contributed by atoms with Gasteiger partial charge in [0.25, 0.3) is 0 Å². The molecule has 0 aliphatic rings.